The lowest BCUT2D eigenvalue weighted by Crippen LogP contribution is -2.39. The van der Waals surface area contributed by atoms with Crippen molar-refractivity contribution in [2.45, 2.75) is 36.6 Å². The van der Waals surface area contributed by atoms with Crippen molar-refractivity contribution in [3.05, 3.63) is 60.4 Å². The van der Waals surface area contributed by atoms with Crippen molar-refractivity contribution < 1.29 is 18.0 Å². The Balaban J connectivity index is 1.60. The number of amides is 2. The van der Waals surface area contributed by atoms with Crippen LogP contribution >= 0.6 is 0 Å². The molecule has 1 aromatic carbocycles. The van der Waals surface area contributed by atoms with Gasteiger partial charge >= 0.3 is 0 Å². The molecular weight excluding hydrogens is 428 g/mol. The van der Waals surface area contributed by atoms with E-state index in [4.69, 9.17) is 0 Å². The van der Waals surface area contributed by atoms with Crippen LogP contribution < -0.4 is 5.32 Å². The lowest BCUT2D eigenvalue weighted by atomic mass is 10.0. The molecule has 1 unspecified atom stereocenters. The third-order valence-electron chi connectivity index (χ3n) is 5.91. The SMILES string of the molecule is O=C1CC(c2ccccc2)N(C(=O)C2CC2)CCCN(S(=O)(=O)c2cccnc2)CCN1. The zero-order chi connectivity index (χ0) is 22.6. The molecule has 1 saturated heterocycles. The molecule has 32 heavy (non-hydrogen) atoms. The summed E-state index contributed by atoms with van der Waals surface area (Å²) in [5.74, 6) is -0.148. The fourth-order valence-corrected chi connectivity index (χ4v) is 5.50. The molecule has 1 aliphatic heterocycles. The summed E-state index contributed by atoms with van der Waals surface area (Å²) in [5.41, 5.74) is 0.913. The van der Waals surface area contributed by atoms with Gasteiger partial charge in [0.1, 0.15) is 4.90 Å². The zero-order valence-electron chi connectivity index (χ0n) is 17.9. The molecule has 8 nitrogen and oxygen atoms in total. The number of benzene rings is 1. The van der Waals surface area contributed by atoms with Crippen LogP contribution in [-0.2, 0) is 19.6 Å². The highest BCUT2D eigenvalue weighted by atomic mass is 32.2. The van der Waals surface area contributed by atoms with Gasteiger partial charge in [-0.2, -0.15) is 4.31 Å². The van der Waals surface area contributed by atoms with Crippen LogP contribution in [0.2, 0.25) is 0 Å². The van der Waals surface area contributed by atoms with Gasteiger partial charge in [0.15, 0.2) is 0 Å². The first-order valence-corrected chi connectivity index (χ1v) is 12.4. The Kier molecular flexibility index (Phi) is 6.86. The Morgan fingerprint density at radius 3 is 2.50 bits per heavy atom. The van der Waals surface area contributed by atoms with Gasteiger partial charge in [-0.15, -0.1) is 0 Å². The van der Waals surface area contributed by atoms with E-state index in [1.54, 1.807) is 11.0 Å². The number of aromatic nitrogens is 1. The Hall–Kier alpha value is -2.78. The smallest absolute Gasteiger partial charge is 0.244 e. The van der Waals surface area contributed by atoms with Crippen LogP contribution in [0.15, 0.2) is 59.8 Å². The van der Waals surface area contributed by atoms with Crippen molar-refractivity contribution in [1.82, 2.24) is 19.5 Å². The van der Waals surface area contributed by atoms with E-state index in [-0.39, 0.29) is 54.7 Å². The molecule has 1 atom stereocenters. The minimum atomic E-state index is -3.75. The average Bonchev–Trinajstić information content (AvgIpc) is 3.65. The molecule has 9 heteroatoms. The minimum absolute atomic E-state index is 0.00429. The molecular formula is C23H28N4O4S. The number of hydrogen-bond donors (Lipinski definition) is 1. The van der Waals surface area contributed by atoms with Crippen LogP contribution in [0.3, 0.4) is 0 Å². The summed E-state index contributed by atoms with van der Waals surface area (Å²) in [6.45, 7) is 1.01. The van der Waals surface area contributed by atoms with Crippen LogP contribution in [0.4, 0.5) is 0 Å². The second kappa shape index (κ2) is 9.79. The van der Waals surface area contributed by atoms with Gasteiger partial charge in [0.2, 0.25) is 21.8 Å². The van der Waals surface area contributed by atoms with E-state index in [9.17, 15) is 18.0 Å². The number of nitrogens with one attached hydrogen (secondary N) is 1. The predicted molar refractivity (Wildman–Crippen MR) is 119 cm³/mol. The highest BCUT2D eigenvalue weighted by Gasteiger charge is 2.37. The molecule has 2 aliphatic rings. The van der Waals surface area contributed by atoms with Gasteiger partial charge in [0.05, 0.1) is 12.5 Å². The summed E-state index contributed by atoms with van der Waals surface area (Å²) >= 11 is 0. The van der Waals surface area contributed by atoms with Crippen LogP contribution in [-0.4, -0.2) is 60.6 Å². The molecule has 2 fully saturated rings. The molecule has 1 aliphatic carbocycles. The fraction of sp³-hybridized carbons (Fsp3) is 0.435. The van der Waals surface area contributed by atoms with Crippen LogP contribution in [0, 0.1) is 5.92 Å². The second-order valence-electron chi connectivity index (χ2n) is 8.23. The third kappa shape index (κ3) is 5.16. The van der Waals surface area contributed by atoms with E-state index in [2.05, 4.69) is 10.3 Å². The van der Waals surface area contributed by atoms with Gasteiger partial charge in [-0.3, -0.25) is 14.6 Å². The van der Waals surface area contributed by atoms with Gasteiger partial charge in [0, 0.05) is 44.5 Å². The molecule has 2 aromatic rings. The van der Waals surface area contributed by atoms with Gasteiger partial charge in [-0.1, -0.05) is 30.3 Å². The monoisotopic (exact) mass is 456 g/mol. The van der Waals surface area contributed by atoms with Crippen molar-refractivity contribution in [2.24, 2.45) is 5.92 Å². The molecule has 0 spiro atoms. The first-order valence-electron chi connectivity index (χ1n) is 11.0. The maximum Gasteiger partial charge on any atom is 0.244 e. The van der Waals surface area contributed by atoms with Crippen LogP contribution in [0.25, 0.3) is 0 Å². The Labute approximate surface area is 188 Å². The first-order chi connectivity index (χ1) is 15.5. The van der Waals surface area contributed by atoms with Crippen LogP contribution in [0.5, 0.6) is 0 Å². The van der Waals surface area contributed by atoms with Gasteiger partial charge in [-0.05, 0) is 37.0 Å². The third-order valence-corrected chi connectivity index (χ3v) is 7.79. The normalized spacial score (nSPS) is 21.4. The summed E-state index contributed by atoms with van der Waals surface area (Å²) in [4.78, 5) is 31.7. The molecule has 0 radical (unpaired) electrons. The van der Waals surface area contributed by atoms with Gasteiger partial charge in [-0.25, -0.2) is 8.42 Å². The van der Waals surface area contributed by atoms with Gasteiger partial charge < -0.3 is 10.2 Å². The molecule has 2 heterocycles. The Morgan fingerprint density at radius 2 is 1.81 bits per heavy atom. The zero-order valence-corrected chi connectivity index (χ0v) is 18.7. The topological polar surface area (TPSA) is 99.7 Å². The minimum Gasteiger partial charge on any atom is -0.355 e. The Bertz CT molecular complexity index is 1040. The van der Waals surface area contributed by atoms with E-state index in [1.165, 1.54) is 22.8 Å². The van der Waals surface area contributed by atoms with E-state index < -0.39 is 10.0 Å². The molecule has 2 amide bonds. The average molecular weight is 457 g/mol. The number of pyridine rings is 1. The van der Waals surface area contributed by atoms with Crippen LogP contribution in [0.1, 0.15) is 37.3 Å². The summed E-state index contributed by atoms with van der Waals surface area (Å²) in [5, 5.41) is 2.84. The maximum absolute atomic E-state index is 13.2. The van der Waals surface area contributed by atoms with Gasteiger partial charge in [0.25, 0.3) is 0 Å². The summed E-state index contributed by atoms with van der Waals surface area (Å²) < 4.78 is 27.6. The molecule has 1 aromatic heterocycles. The predicted octanol–water partition coefficient (Wildman–Crippen LogP) is 1.96. The number of nitrogens with zero attached hydrogens (tertiary/aromatic N) is 3. The second-order valence-corrected chi connectivity index (χ2v) is 10.2. The Morgan fingerprint density at radius 1 is 1.03 bits per heavy atom. The molecule has 170 valence electrons. The van der Waals surface area contributed by atoms with Crippen molar-refractivity contribution in [3.63, 3.8) is 0 Å². The molecule has 0 bridgehead atoms. The lowest BCUT2D eigenvalue weighted by Gasteiger charge is -2.32. The summed E-state index contributed by atoms with van der Waals surface area (Å²) in [7, 11) is -3.75. The highest BCUT2D eigenvalue weighted by molar-refractivity contribution is 7.89. The number of sulfonamides is 1. The van der Waals surface area contributed by atoms with Crippen molar-refractivity contribution in [2.75, 3.05) is 26.2 Å². The van der Waals surface area contributed by atoms with E-state index in [1.807, 2.05) is 30.3 Å². The number of rotatable bonds is 4. The number of hydrogen-bond acceptors (Lipinski definition) is 5. The van der Waals surface area contributed by atoms with E-state index in [0.717, 1.165) is 18.4 Å². The standard InChI is InChI=1S/C23H28N4O4S/c28-22-16-21(18-6-2-1-3-7-18)27(23(29)19-9-10-19)14-5-13-26(15-12-25-22)32(30,31)20-8-4-11-24-17-20/h1-4,6-8,11,17,19,21H,5,9-10,12-16H2,(H,25,28). The largest absolute Gasteiger partial charge is 0.355 e. The van der Waals surface area contributed by atoms with Crippen molar-refractivity contribution in [1.29, 1.82) is 0 Å². The summed E-state index contributed by atoms with van der Waals surface area (Å²) in [6, 6.07) is 12.3. The maximum atomic E-state index is 13.2. The number of carbonyl (C=O) groups excluding carboxylic acids is 2. The molecule has 1 saturated carbocycles. The number of carbonyl (C=O) groups is 2. The van der Waals surface area contributed by atoms with E-state index in [0.29, 0.717) is 13.0 Å². The van der Waals surface area contributed by atoms with E-state index >= 15 is 0 Å². The molecule has 4 rings (SSSR count). The van der Waals surface area contributed by atoms with Crippen molar-refractivity contribution >= 4 is 21.8 Å². The quantitative estimate of drug-likeness (QED) is 0.758. The highest BCUT2D eigenvalue weighted by Crippen LogP contribution is 2.35. The van der Waals surface area contributed by atoms with Crippen molar-refractivity contribution in [3.8, 4) is 0 Å². The first kappa shape index (κ1) is 22.4. The summed E-state index contributed by atoms with van der Waals surface area (Å²) in [6.07, 6.45) is 5.22. The molecule has 1 N–H and O–H groups in total. The lowest BCUT2D eigenvalue weighted by molar-refractivity contribution is -0.136. The fourth-order valence-electron chi connectivity index (χ4n) is 4.05.